The Bertz CT molecular complexity index is 517. The fourth-order valence-corrected chi connectivity index (χ4v) is 2.00. The first-order valence-electron chi connectivity index (χ1n) is 5.82. The molecule has 3 nitrogen and oxygen atoms in total. The molecule has 0 aliphatic carbocycles. The first kappa shape index (κ1) is 11.7. The summed E-state index contributed by atoms with van der Waals surface area (Å²) in [5, 5.41) is 3.38. The Morgan fingerprint density at radius 1 is 1.24 bits per heavy atom. The van der Waals surface area contributed by atoms with Gasteiger partial charge in [-0.05, 0) is 51.5 Å². The van der Waals surface area contributed by atoms with Crippen molar-refractivity contribution in [3.05, 3.63) is 47.0 Å². The lowest BCUT2D eigenvalue weighted by Gasteiger charge is -2.14. The second-order valence-electron chi connectivity index (χ2n) is 4.45. The number of nitrogens with one attached hydrogen (secondary N) is 1. The number of aromatic nitrogens is 1. The molecule has 0 spiro atoms. The molecule has 0 saturated heterocycles. The molecule has 2 rings (SSSR count). The van der Waals surface area contributed by atoms with E-state index in [-0.39, 0.29) is 6.04 Å². The van der Waals surface area contributed by atoms with E-state index < -0.39 is 0 Å². The number of nitrogens with zero attached hydrogens (tertiary/aromatic N) is 1. The van der Waals surface area contributed by atoms with E-state index in [1.807, 2.05) is 32.2 Å². The minimum atomic E-state index is 0.196. The van der Waals surface area contributed by atoms with Gasteiger partial charge in [0.25, 0.3) is 0 Å². The normalized spacial score (nSPS) is 12.5. The van der Waals surface area contributed by atoms with Crippen molar-refractivity contribution in [2.45, 2.75) is 33.7 Å². The highest BCUT2D eigenvalue weighted by atomic mass is 16.3. The Morgan fingerprint density at radius 2 is 2.00 bits per heavy atom. The SMILES string of the molecule is Cc1ccnc(NC(C)c2cc(C)oc2C)c1. The standard InChI is InChI=1S/C14H18N2O/c1-9-5-6-15-14(7-9)16-11(3)13-8-10(2)17-12(13)4/h5-8,11H,1-4H3,(H,15,16). The maximum atomic E-state index is 5.54. The highest BCUT2D eigenvalue weighted by Gasteiger charge is 2.12. The fraction of sp³-hybridized carbons (Fsp3) is 0.357. The fourth-order valence-electron chi connectivity index (χ4n) is 2.00. The van der Waals surface area contributed by atoms with Crippen LogP contribution in [0, 0.1) is 20.8 Å². The Balaban J connectivity index is 2.16. The Morgan fingerprint density at radius 3 is 2.59 bits per heavy atom. The first-order chi connectivity index (χ1) is 8.06. The molecule has 90 valence electrons. The number of rotatable bonds is 3. The van der Waals surface area contributed by atoms with Gasteiger partial charge in [-0.3, -0.25) is 0 Å². The maximum absolute atomic E-state index is 5.54. The Kier molecular flexibility index (Phi) is 3.18. The topological polar surface area (TPSA) is 38.1 Å². The van der Waals surface area contributed by atoms with Crippen molar-refractivity contribution in [3.63, 3.8) is 0 Å². The number of aryl methyl sites for hydroxylation is 3. The first-order valence-corrected chi connectivity index (χ1v) is 5.82. The molecular formula is C14H18N2O. The smallest absolute Gasteiger partial charge is 0.126 e. The molecule has 1 N–H and O–H groups in total. The molecule has 0 amide bonds. The van der Waals surface area contributed by atoms with Crippen LogP contribution >= 0.6 is 0 Å². The molecule has 17 heavy (non-hydrogen) atoms. The van der Waals surface area contributed by atoms with Crippen molar-refractivity contribution < 1.29 is 4.42 Å². The van der Waals surface area contributed by atoms with Gasteiger partial charge in [-0.25, -0.2) is 4.98 Å². The largest absolute Gasteiger partial charge is 0.466 e. The van der Waals surface area contributed by atoms with E-state index in [0.29, 0.717) is 0 Å². The lowest BCUT2D eigenvalue weighted by atomic mass is 10.1. The van der Waals surface area contributed by atoms with Crippen molar-refractivity contribution in [1.29, 1.82) is 0 Å². The van der Waals surface area contributed by atoms with E-state index in [0.717, 1.165) is 17.3 Å². The van der Waals surface area contributed by atoms with Crippen molar-refractivity contribution in [2.24, 2.45) is 0 Å². The van der Waals surface area contributed by atoms with Crippen LogP contribution in [-0.2, 0) is 0 Å². The zero-order valence-electron chi connectivity index (χ0n) is 10.7. The molecule has 0 aliphatic rings. The zero-order chi connectivity index (χ0) is 12.4. The number of furan rings is 1. The third-order valence-electron chi connectivity index (χ3n) is 2.83. The number of hydrogen-bond donors (Lipinski definition) is 1. The van der Waals surface area contributed by atoms with Gasteiger partial charge in [0.1, 0.15) is 17.3 Å². The van der Waals surface area contributed by atoms with Crippen molar-refractivity contribution in [1.82, 2.24) is 4.98 Å². The number of anilines is 1. The van der Waals surface area contributed by atoms with Gasteiger partial charge in [0.05, 0.1) is 6.04 Å². The van der Waals surface area contributed by atoms with E-state index in [2.05, 4.69) is 30.2 Å². The van der Waals surface area contributed by atoms with Gasteiger partial charge in [-0.1, -0.05) is 0 Å². The van der Waals surface area contributed by atoms with Gasteiger partial charge >= 0.3 is 0 Å². The van der Waals surface area contributed by atoms with Crippen LogP contribution in [0.4, 0.5) is 5.82 Å². The average Bonchev–Trinajstić information content (AvgIpc) is 2.58. The van der Waals surface area contributed by atoms with Crippen LogP contribution in [0.5, 0.6) is 0 Å². The van der Waals surface area contributed by atoms with Crippen molar-refractivity contribution >= 4 is 5.82 Å². The van der Waals surface area contributed by atoms with E-state index in [4.69, 9.17) is 4.42 Å². The quantitative estimate of drug-likeness (QED) is 0.872. The summed E-state index contributed by atoms with van der Waals surface area (Å²) in [7, 11) is 0. The van der Waals surface area contributed by atoms with E-state index in [1.54, 1.807) is 0 Å². The van der Waals surface area contributed by atoms with Gasteiger partial charge < -0.3 is 9.73 Å². The monoisotopic (exact) mass is 230 g/mol. The lowest BCUT2D eigenvalue weighted by molar-refractivity contribution is 0.500. The molecule has 0 bridgehead atoms. The predicted octanol–water partition coefficient (Wildman–Crippen LogP) is 3.77. The summed E-state index contributed by atoms with van der Waals surface area (Å²) in [6.07, 6.45) is 1.82. The predicted molar refractivity (Wildman–Crippen MR) is 69.2 cm³/mol. The molecule has 1 unspecified atom stereocenters. The van der Waals surface area contributed by atoms with E-state index >= 15 is 0 Å². The average molecular weight is 230 g/mol. The summed E-state index contributed by atoms with van der Waals surface area (Å²) < 4.78 is 5.54. The highest BCUT2D eigenvalue weighted by molar-refractivity contribution is 5.40. The molecule has 2 heterocycles. The molecule has 2 aromatic rings. The third-order valence-corrected chi connectivity index (χ3v) is 2.83. The van der Waals surface area contributed by atoms with Crippen LogP contribution in [0.1, 0.15) is 35.6 Å². The zero-order valence-corrected chi connectivity index (χ0v) is 10.7. The lowest BCUT2D eigenvalue weighted by Crippen LogP contribution is -2.08. The molecular weight excluding hydrogens is 212 g/mol. The summed E-state index contributed by atoms with van der Waals surface area (Å²) in [6.45, 7) is 8.13. The second-order valence-corrected chi connectivity index (χ2v) is 4.45. The molecule has 1 atom stereocenters. The molecule has 0 saturated carbocycles. The highest BCUT2D eigenvalue weighted by Crippen LogP contribution is 2.24. The molecule has 0 aliphatic heterocycles. The van der Waals surface area contributed by atoms with Crippen LogP contribution in [-0.4, -0.2) is 4.98 Å². The van der Waals surface area contributed by atoms with Crippen molar-refractivity contribution in [3.8, 4) is 0 Å². The van der Waals surface area contributed by atoms with Crippen LogP contribution < -0.4 is 5.32 Å². The van der Waals surface area contributed by atoms with Crippen LogP contribution in [0.2, 0.25) is 0 Å². The minimum absolute atomic E-state index is 0.196. The van der Waals surface area contributed by atoms with Crippen molar-refractivity contribution in [2.75, 3.05) is 5.32 Å². The summed E-state index contributed by atoms with van der Waals surface area (Å²) in [4.78, 5) is 4.30. The summed E-state index contributed by atoms with van der Waals surface area (Å²) >= 11 is 0. The van der Waals surface area contributed by atoms with Gasteiger partial charge in [0.2, 0.25) is 0 Å². The van der Waals surface area contributed by atoms with E-state index in [1.165, 1.54) is 11.1 Å². The van der Waals surface area contributed by atoms with Gasteiger partial charge in [-0.2, -0.15) is 0 Å². The molecule has 3 heteroatoms. The van der Waals surface area contributed by atoms with Crippen LogP contribution in [0.15, 0.2) is 28.8 Å². The van der Waals surface area contributed by atoms with Crippen LogP contribution in [0.25, 0.3) is 0 Å². The number of hydrogen-bond acceptors (Lipinski definition) is 3. The van der Waals surface area contributed by atoms with Gasteiger partial charge in [0, 0.05) is 11.8 Å². The van der Waals surface area contributed by atoms with E-state index in [9.17, 15) is 0 Å². The summed E-state index contributed by atoms with van der Waals surface area (Å²) in [6, 6.07) is 6.30. The Labute approximate surface area is 102 Å². The molecule has 2 aromatic heterocycles. The molecule has 0 aromatic carbocycles. The van der Waals surface area contributed by atoms with Gasteiger partial charge in [-0.15, -0.1) is 0 Å². The summed E-state index contributed by atoms with van der Waals surface area (Å²) in [5.41, 5.74) is 2.39. The molecule has 0 fully saturated rings. The second kappa shape index (κ2) is 4.62. The van der Waals surface area contributed by atoms with Gasteiger partial charge in [0.15, 0.2) is 0 Å². The summed E-state index contributed by atoms with van der Waals surface area (Å²) in [5.74, 6) is 2.81. The van der Waals surface area contributed by atoms with Crippen LogP contribution in [0.3, 0.4) is 0 Å². The minimum Gasteiger partial charge on any atom is -0.466 e. The Hall–Kier alpha value is -1.77. The maximum Gasteiger partial charge on any atom is 0.126 e. The number of pyridine rings is 1. The molecule has 0 radical (unpaired) electrons. The third kappa shape index (κ3) is 2.67.